The van der Waals surface area contributed by atoms with Crippen LogP contribution in [-0.4, -0.2) is 64.1 Å². The molecule has 1 saturated carbocycles. The molecule has 2 aromatic rings. The first-order valence-electron chi connectivity index (χ1n) is 14.7. The number of hydrogen-bond acceptors (Lipinski definition) is 7. The third kappa shape index (κ3) is 5.21. The largest absolute Gasteiger partial charge is 0.395 e. The number of sulfonamides is 1. The van der Waals surface area contributed by atoms with E-state index in [1.54, 1.807) is 39.0 Å². The van der Waals surface area contributed by atoms with Crippen LogP contribution in [0.15, 0.2) is 41.3 Å². The summed E-state index contributed by atoms with van der Waals surface area (Å²) in [5, 5.41) is 12.2. The lowest BCUT2D eigenvalue weighted by Gasteiger charge is -2.35. The molecule has 3 aliphatic rings. The van der Waals surface area contributed by atoms with Crippen LogP contribution in [0.3, 0.4) is 0 Å². The monoisotopic (exact) mass is 617 g/mol. The van der Waals surface area contributed by atoms with Crippen molar-refractivity contribution in [1.82, 2.24) is 0 Å². The van der Waals surface area contributed by atoms with Gasteiger partial charge in [0.2, 0.25) is 10.0 Å². The molecule has 2 N–H and O–H groups in total. The van der Waals surface area contributed by atoms with Gasteiger partial charge in [-0.3, -0.25) is 9.10 Å². The number of aliphatic hydroxyl groups is 1. The number of rotatable bonds is 7. The third-order valence-electron chi connectivity index (χ3n) is 9.67. The van der Waals surface area contributed by atoms with Crippen LogP contribution in [0.5, 0.6) is 0 Å². The molecule has 1 amide bonds. The number of benzene rings is 2. The minimum atomic E-state index is -3.72. The van der Waals surface area contributed by atoms with E-state index in [9.17, 15) is 26.7 Å². The van der Waals surface area contributed by atoms with Crippen LogP contribution in [0.2, 0.25) is 0 Å². The quantitative estimate of drug-likeness (QED) is 0.462. The molecule has 0 bridgehead atoms. The van der Waals surface area contributed by atoms with E-state index in [4.69, 9.17) is 0 Å². The molecule has 1 saturated heterocycles. The Bertz CT molecular complexity index is 1610. The molecule has 1 unspecified atom stereocenters. The predicted molar refractivity (Wildman–Crippen MR) is 167 cm³/mol. The molecule has 5 rings (SSSR count). The second-order valence-corrected chi connectivity index (χ2v) is 18.4. The summed E-state index contributed by atoms with van der Waals surface area (Å²) in [5.41, 5.74) is 2.75. The maximum atomic E-state index is 13.8. The van der Waals surface area contributed by atoms with Gasteiger partial charge in [-0.2, -0.15) is 0 Å². The highest BCUT2D eigenvalue weighted by molar-refractivity contribution is 7.94. The summed E-state index contributed by atoms with van der Waals surface area (Å²) >= 11 is 0. The van der Waals surface area contributed by atoms with Gasteiger partial charge in [0, 0.05) is 24.2 Å². The standard InChI is InChI=1S/C31H43N3O6S2/c1-21-30(5,6)25-10-7-22(19-27(25)34(21)42(39,40)29(2,3)4)32-28(36)24-9-8-23(41(37,38)18-17-35)20-26(24)33-15-13-31(11-12-31)14-16-33/h7-10,19-21,35H,11-18H2,1-6H3,(H,32,36). The highest BCUT2D eigenvalue weighted by Crippen LogP contribution is 2.54. The minimum absolute atomic E-state index is 0.0755. The number of sulfone groups is 1. The molecule has 42 heavy (non-hydrogen) atoms. The fourth-order valence-electron chi connectivity index (χ4n) is 6.19. The van der Waals surface area contributed by atoms with Gasteiger partial charge >= 0.3 is 0 Å². The first-order valence-corrected chi connectivity index (χ1v) is 17.8. The van der Waals surface area contributed by atoms with Gasteiger partial charge in [-0.1, -0.05) is 19.9 Å². The zero-order valence-electron chi connectivity index (χ0n) is 25.4. The number of carbonyl (C=O) groups is 1. The average molecular weight is 618 g/mol. The van der Waals surface area contributed by atoms with Crippen LogP contribution in [0.4, 0.5) is 17.1 Å². The van der Waals surface area contributed by atoms with E-state index < -0.39 is 42.5 Å². The number of nitrogens with zero attached hydrogens (tertiary/aromatic N) is 2. The van der Waals surface area contributed by atoms with Gasteiger partial charge in [-0.05, 0) is 94.7 Å². The molecular formula is C31H43N3O6S2. The molecule has 2 aliphatic heterocycles. The molecule has 9 nitrogen and oxygen atoms in total. The summed E-state index contributed by atoms with van der Waals surface area (Å²) < 4.78 is 53.4. The number of amides is 1. The lowest BCUT2D eigenvalue weighted by molar-refractivity contribution is 0.102. The lowest BCUT2D eigenvalue weighted by atomic mass is 9.81. The summed E-state index contributed by atoms with van der Waals surface area (Å²) in [6.45, 7) is 12.0. The number of hydrogen-bond donors (Lipinski definition) is 2. The molecule has 2 aromatic carbocycles. The minimum Gasteiger partial charge on any atom is -0.395 e. The van der Waals surface area contributed by atoms with E-state index in [1.165, 1.54) is 29.3 Å². The van der Waals surface area contributed by atoms with Crippen LogP contribution >= 0.6 is 0 Å². The molecule has 2 heterocycles. The zero-order chi connectivity index (χ0) is 30.9. The first kappa shape index (κ1) is 30.8. The van der Waals surface area contributed by atoms with Crippen LogP contribution < -0.4 is 14.5 Å². The topological polar surface area (TPSA) is 124 Å². The molecule has 1 spiro atoms. The normalized spacial score (nSPS) is 21.4. The van der Waals surface area contributed by atoms with Crippen LogP contribution in [-0.2, 0) is 25.3 Å². The molecule has 1 atom stereocenters. The molecule has 230 valence electrons. The summed E-state index contributed by atoms with van der Waals surface area (Å²) in [7, 11) is -7.43. The van der Waals surface area contributed by atoms with Gasteiger partial charge in [-0.15, -0.1) is 0 Å². The van der Waals surface area contributed by atoms with Crippen molar-refractivity contribution < 1.29 is 26.7 Å². The molecule has 0 radical (unpaired) electrons. The summed E-state index contributed by atoms with van der Waals surface area (Å²) in [4.78, 5) is 15.9. The Hall–Kier alpha value is -2.63. The van der Waals surface area contributed by atoms with Crippen molar-refractivity contribution in [3.63, 3.8) is 0 Å². The first-order chi connectivity index (χ1) is 19.4. The number of fused-ring (bicyclic) bond motifs is 1. The molecule has 1 aliphatic carbocycles. The van der Waals surface area contributed by atoms with Gasteiger partial charge in [-0.25, -0.2) is 16.8 Å². The van der Waals surface area contributed by atoms with Crippen molar-refractivity contribution in [2.24, 2.45) is 5.41 Å². The van der Waals surface area contributed by atoms with E-state index in [-0.39, 0.29) is 16.7 Å². The highest BCUT2D eigenvalue weighted by Gasteiger charge is 2.50. The number of nitrogens with one attached hydrogen (secondary N) is 1. The van der Waals surface area contributed by atoms with Gasteiger partial charge < -0.3 is 15.3 Å². The summed E-state index contributed by atoms with van der Waals surface area (Å²) in [6, 6.07) is 9.57. The molecule has 11 heteroatoms. The van der Waals surface area contributed by atoms with Gasteiger partial charge in [0.05, 0.1) is 45.0 Å². The molecular weight excluding hydrogens is 574 g/mol. The fourth-order valence-corrected chi connectivity index (χ4v) is 8.91. The van der Waals surface area contributed by atoms with Gasteiger partial charge in [0.15, 0.2) is 9.84 Å². The zero-order valence-corrected chi connectivity index (χ0v) is 27.0. The van der Waals surface area contributed by atoms with E-state index in [0.717, 1.165) is 31.5 Å². The second-order valence-electron chi connectivity index (χ2n) is 13.7. The van der Waals surface area contributed by atoms with Gasteiger partial charge in [0.25, 0.3) is 5.91 Å². The number of anilines is 3. The molecule has 2 fully saturated rings. The van der Waals surface area contributed by atoms with Crippen molar-refractivity contribution in [3.05, 3.63) is 47.5 Å². The van der Waals surface area contributed by atoms with Crippen LogP contribution in [0, 0.1) is 5.41 Å². The van der Waals surface area contributed by atoms with Crippen molar-refractivity contribution in [2.75, 3.05) is 40.0 Å². The maximum absolute atomic E-state index is 13.8. The van der Waals surface area contributed by atoms with E-state index in [2.05, 4.69) is 10.2 Å². The Morgan fingerprint density at radius 2 is 1.62 bits per heavy atom. The van der Waals surface area contributed by atoms with Crippen LogP contribution in [0.25, 0.3) is 0 Å². The number of piperidine rings is 1. The third-order valence-corrected chi connectivity index (χ3v) is 13.9. The Kier molecular flexibility index (Phi) is 7.51. The Morgan fingerprint density at radius 3 is 2.19 bits per heavy atom. The number of carbonyl (C=O) groups excluding carboxylic acids is 1. The van der Waals surface area contributed by atoms with Crippen LogP contribution in [0.1, 0.15) is 83.1 Å². The predicted octanol–water partition coefficient (Wildman–Crippen LogP) is 4.70. The average Bonchev–Trinajstić information content (AvgIpc) is 3.62. The van der Waals surface area contributed by atoms with Crippen molar-refractivity contribution in [2.45, 2.75) is 88.3 Å². The highest BCUT2D eigenvalue weighted by atomic mass is 32.2. The summed E-state index contributed by atoms with van der Waals surface area (Å²) in [6.07, 6.45) is 4.43. The smallest absolute Gasteiger partial charge is 0.257 e. The lowest BCUT2D eigenvalue weighted by Crippen LogP contribution is -2.49. The van der Waals surface area contributed by atoms with Crippen molar-refractivity contribution in [1.29, 1.82) is 0 Å². The summed E-state index contributed by atoms with van der Waals surface area (Å²) in [5.74, 6) is -0.794. The maximum Gasteiger partial charge on any atom is 0.257 e. The Labute approximate surface area is 250 Å². The second kappa shape index (κ2) is 10.2. The van der Waals surface area contributed by atoms with Crippen molar-refractivity contribution >= 4 is 42.8 Å². The SMILES string of the molecule is CC1N(S(=O)(=O)C(C)(C)C)c2cc(NC(=O)c3ccc(S(=O)(=O)CCO)cc3N3CCC4(CC3)CC4)ccc2C1(C)C. The Balaban J connectivity index is 1.50. The number of aliphatic hydroxyl groups excluding tert-OH is 1. The van der Waals surface area contributed by atoms with E-state index >= 15 is 0 Å². The Morgan fingerprint density at radius 1 is 0.976 bits per heavy atom. The van der Waals surface area contributed by atoms with Crippen molar-refractivity contribution in [3.8, 4) is 0 Å². The molecule has 0 aromatic heterocycles. The van der Waals surface area contributed by atoms with Gasteiger partial charge in [0.1, 0.15) is 0 Å². The van der Waals surface area contributed by atoms with E-state index in [0.29, 0.717) is 28.0 Å². The fraction of sp³-hybridized carbons (Fsp3) is 0.581. The van der Waals surface area contributed by atoms with E-state index in [1.807, 2.05) is 26.8 Å².